The molecule has 0 aromatic rings. The van der Waals surface area contributed by atoms with Gasteiger partial charge < -0.3 is 34.8 Å². The summed E-state index contributed by atoms with van der Waals surface area (Å²) in [4.78, 5) is 42.8. The molecule has 0 rings (SSSR count). The third kappa shape index (κ3) is 12.7. The Morgan fingerprint density at radius 3 is 2.17 bits per heavy atom. The van der Waals surface area contributed by atoms with E-state index in [-0.39, 0.29) is 56.9 Å². The monoisotopic (exact) mass is 376 g/mol. The van der Waals surface area contributed by atoms with E-state index < -0.39 is 50.7 Å². The first kappa shape index (κ1) is 27.4. The van der Waals surface area contributed by atoms with Crippen LogP contribution in [0.15, 0.2) is 0 Å². The first-order valence-corrected chi connectivity index (χ1v) is 6.75. The summed E-state index contributed by atoms with van der Waals surface area (Å²) in [7, 11) is -3.82. The summed E-state index contributed by atoms with van der Waals surface area (Å²) < 4.78 is 19.3. The molecule has 7 N–H and O–H groups in total. The number of nitrogens with two attached hydrogens (primary N) is 2. The Labute approximate surface area is 173 Å². The normalized spacial score (nSPS) is 13.2. The van der Waals surface area contributed by atoms with Crippen LogP contribution in [0.5, 0.6) is 0 Å². The molecule has 0 fully saturated rings. The zero-order valence-corrected chi connectivity index (χ0v) is 16.9. The Balaban J connectivity index is -0.000000200. The molecule has 0 bridgehead atoms. The molecule has 1 unspecified atom stereocenters. The van der Waals surface area contributed by atoms with E-state index in [1.807, 2.05) is 0 Å². The van der Waals surface area contributed by atoms with Crippen LogP contribution in [-0.2, 0) is 28.0 Å². The van der Waals surface area contributed by atoms with Crippen LogP contribution < -0.4 is 41.0 Å². The number of phosphoric ester groups is 1. The van der Waals surface area contributed by atoms with Crippen molar-refractivity contribution >= 4 is 54.7 Å². The number of nitrogens with zero attached hydrogens (tertiary/aromatic N) is 1. The number of likely N-dealkylation sites (N-methyl/N-ethyl adjacent to an activating group) is 1. The van der Waals surface area contributed by atoms with Crippen LogP contribution in [0.2, 0.25) is 0 Å². The predicted octanol–water partition coefficient (Wildman–Crippen LogP) is -5.24. The molecular formula is C8H18MgN4NaO8P. The Morgan fingerprint density at radius 1 is 1.35 bits per heavy atom. The first-order chi connectivity index (χ1) is 9.44. The standard InChI is InChI=1S/C8H15N4O8P.Mg.Na.3H/c1-12(8(10)11)3-6(14)20-21(17,18)19-5(13)2-4(9)7(15)16;;;;;/h4H,2-3,9H2,1H3,(H3,10,11)(H,15,16)(H,17,18);;;;;/q;+2;+1;3*-1/t4-;;;;;/m0...../s1. The van der Waals surface area contributed by atoms with Gasteiger partial charge in [-0.2, -0.15) is 0 Å². The molecule has 0 amide bonds. The average Bonchev–Trinajstić information content (AvgIpc) is 2.25. The number of carbonyl (C=O) groups excluding carboxylic acids is 2. The maximum atomic E-state index is 11.3. The van der Waals surface area contributed by atoms with Gasteiger partial charge in [0.05, 0.1) is 6.42 Å². The van der Waals surface area contributed by atoms with Crippen molar-refractivity contribution in [2.75, 3.05) is 13.6 Å². The second-order valence-electron chi connectivity index (χ2n) is 3.79. The van der Waals surface area contributed by atoms with Gasteiger partial charge in [-0.1, -0.05) is 0 Å². The van der Waals surface area contributed by atoms with E-state index in [2.05, 4.69) is 9.05 Å². The number of aliphatic carboxylic acids is 1. The maximum absolute atomic E-state index is 11.3. The number of hydrogen-bond acceptors (Lipinski definition) is 8. The zero-order chi connectivity index (χ0) is 16.8. The van der Waals surface area contributed by atoms with E-state index in [0.29, 0.717) is 0 Å². The molecule has 0 aromatic carbocycles. The fraction of sp³-hybridized carbons (Fsp3) is 0.500. The van der Waals surface area contributed by atoms with Gasteiger partial charge in [0.1, 0.15) is 12.6 Å². The molecule has 0 aromatic heterocycles. The van der Waals surface area contributed by atoms with Crippen molar-refractivity contribution in [2.24, 2.45) is 11.5 Å². The third-order valence-electron chi connectivity index (χ3n) is 1.92. The molecule has 0 saturated heterocycles. The molecule has 0 aliphatic heterocycles. The number of hydrogen-bond donors (Lipinski definition) is 5. The summed E-state index contributed by atoms with van der Waals surface area (Å²) in [6.45, 7) is -0.633. The Hall–Kier alpha value is -0.404. The van der Waals surface area contributed by atoms with Crippen LogP contribution in [0.4, 0.5) is 0 Å². The summed E-state index contributed by atoms with van der Waals surface area (Å²) in [5.41, 5.74) is 10.0. The molecule has 0 aliphatic rings. The van der Waals surface area contributed by atoms with Gasteiger partial charge in [0.25, 0.3) is 0 Å². The molecule has 2 atom stereocenters. The molecule has 15 heteroatoms. The van der Waals surface area contributed by atoms with Gasteiger partial charge in [0.2, 0.25) is 0 Å². The molecule has 0 spiro atoms. The molecular weight excluding hydrogens is 358 g/mol. The minimum Gasteiger partial charge on any atom is -1.00 e. The maximum Gasteiger partial charge on any atom is 2.00 e. The minimum atomic E-state index is -5.06. The molecule has 0 saturated carbocycles. The SMILES string of the molecule is CN(CC(=O)OP(=O)(O)OC(=O)C[C@H](N)C(=O)O)C(=N)N.[H-].[H-].[H-].[Mg+2].[Na+]. The molecule has 0 radical (unpaired) electrons. The van der Waals surface area contributed by atoms with Crippen molar-refractivity contribution in [3.63, 3.8) is 0 Å². The van der Waals surface area contributed by atoms with E-state index >= 15 is 0 Å². The molecule has 12 nitrogen and oxygen atoms in total. The van der Waals surface area contributed by atoms with Crippen LogP contribution >= 0.6 is 7.82 Å². The van der Waals surface area contributed by atoms with Gasteiger partial charge in [0, 0.05) is 7.05 Å². The largest absolute Gasteiger partial charge is 2.00 e. The van der Waals surface area contributed by atoms with Crippen LogP contribution in [0.25, 0.3) is 0 Å². The Morgan fingerprint density at radius 2 is 1.78 bits per heavy atom. The summed E-state index contributed by atoms with van der Waals surface area (Å²) >= 11 is 0. The van der Waals surface area contributed by atoms with Gasteiger partial charge in [0.15, 0.2) is 5.96 Å². The number of carboxylic acid groups (broad SMARTS) is 1. The second-order valence-corrected chi connectivity index (χ2v) is 5.09. The van der Waals surface area contributed by atoms with E-state index in [9.17, 15) is 18.9 Å². The van der Waals surface area contributed by atoms with Crippen LogP contribution in [-0.4, -0.2) is 81.5 Å². The Kier molecular flexibility index (Phi) is 14.4. The van der Waals surface area contributed by atoms with Gasteiger partial charge >= 0.3 is 78.3 Å². The molecule has 126 valence electrons. The van der Waals surface area contributed by atoms with E-state index in [0.717, 1.165) is 4.90 Å². The minimum absolute atomic E-state index is 0. The number of rotatable bonds is 7. The van der Waals surface area contributed by atoms with Gasteiger partial charge in [-0.05, 0) is 0 Å². The number of carbonyl (C=O) groups is 3. The smallest absolute Gasteiger partial charge is 1.00 e. The fourth-order valence-electron chi connectivity index (χ4n) is 0.888. The van der Waals surface area contributed by atoms with Crippen molar-refractivity contribution in [3.05, 3.63) is 0 Å². The number of carboxylic acids is 1. The van der Waals surface area contributed by atoms with Gasteiger partial charge in [-0.3, -0.25) is 19.9 Å². The Bertz CT molecular complexity index is 480. The van der Waals surface area contributed by atoms with Crippen molar-refractivity contribution in [1.29, 1.82) is 5.41 Å². The summed E-state index contributed by atoms with van der Waals surface area (Å²) in [6.07, 6.45) is -0.884. The summed E-state index contributed by atoms with van der Waals surface area (Å²) in [6, 6.07) is -1.63. The van der Waals surface area contributed by atoms with Crippen LogP contribution in [0.3, 0.4) is 0 Å². The van der Waals surface area contributed by atoms with Crippen molar-refractivity contribution in [3.8, 4) is 0 Å². The van der Waals surface area contributed by atoms with E-state index in [1.165, 1.54) is 7.05 Å². The van der Waals surface area contributed by atoms with Crippen molar-refractivity contribution < 1.29 is 71.8 Å². The van der Waals surface area contributed by atoms with Gasteiger partial charge in [-0.25, -0.2) is 9.36 Å². The van der Waals surface area contributed by atoms with Crippen LogP contribution in [0, 0.1) is 5.41 Å². The summed E-state index contributed by atoms with van der Waals surface area (Å²) in [5.74, 6) is -4.72. The molecule has 23 heavy (non-hydrogen) atoms. The van der Waals surface area contributed by atoms with Crippen LogP contribution in [0.1, 0.15) is 10.7 Å². The van der Waals surface area contributed by atoms with E-state index in [1.54, 1.807) is 0 Å². The fourth-order valence-corrected chi connectivity index (χ4v) is 1.57. The summed E-state index contributed by atoms with van der Waals surface area (Å²) in [5, 5.41) is 15.4. The number of nitrogens with one attached hydrogen (secondary N) is 1. The number of guanidine groups is 1. The number of phosphoric acid groups is 1. The molecule has 0 heterocycles. The van der Waals surface area contributed by atoms with Crippen molar-refractivity contribution in [1.82, 2.24) is 4.90 Å². The topological polar surface area (TPSA) is 206 Å². The van der Waals surface area contributed by atoms with Crippen molar-refractivity contribution in [2.45, 2.75) is 12.5 Å². The average molecular weight is 377 g/mol. The van der Waals surface area contributed by atoms with Gasteiger partial charge in [-0.15, -0.1) is 0 Å². The third-order valence-corrected chi connectivity index (χ3v) is 2.78. The molecule has 0 aliphatic carbocycles. The quantitative estimate of drug-likeness (QED) is 0.123. The predicted molar refractivity (Wildman–Crippen MR) is 75.9 cm³/mol. The second kappa shape index (κ2) is 12.0. The zero-order valence-electron chi connectivity index (χ0n) is 15.6. The first-order valence-electron chi connectivity index (χ1n) is 5.26. The van der Waals surface area contributed by atoms with E-state index in [4.69, 9.17) is 26.9 Å².